The lowest BCUT2D eigenvalue weighted by Gasteiger charge is -2.42. The van der Waals surface area contributed by atoms with Crippen molar-refractivity contribution in [3.05, 3.63) is 28.9 Å². The van der Waals surface area contributed by atoms with Crippen molar-refractivity contribution in [1.82, 2.24) is 19.9 Å². The van der Waals surface area contributed by atoms with Gasteiger partial charge in [-0.15, -0.1) is 0 Å². The number of anilines is 2. The summed E-state index contributed by atoms with van der Waals surface area (Å²) in [5, 5.41) is 24.0. The first-order valence-electron chi connectivity index (χ1n) is 10.4. The Labute approximate surface area is 180 Å². The molecular formula is C19H24BClN6O3. The van der Waals surface area contributed by atoms with Crippen LogP contribution in [0.4, 0.5) is 11.8 Å². The molecule has 1 aliphatic carbocycles. The summed E-state index contributed by atoms with van der Waals surface area (Å²) >= 11 is 5.90. The van der Waals surface area contributed by atoms with E-state index in [1.165, 1.54) is 0 Å². The highest BCUT2D eigenvalue weighted by Gasteiger charge is 2.41. The van der Waals surface area contributed by atoms with E-state index in [4.69, 9.17) is 21.2 Å². The number of rotatable bonds is 5. The van der Waals surface area contributed by atoms with Crippen molar-refractivity contribution in [2.45, 2.75) is 50.2 Å². The van der Waals surface area contributed by atoms with Crippen LogP contribution < -0.4 is 15.7 Å². The molecule has 9 nitrogen and oxygen atoms in total. The van der Waals surface area contributed by atoms with Gasteiger partial charge in [-0.1, -0.05) is 11.6 Å². The second kappa shape index (κ2) is 7.92. The van der Waals surface area contributed by atoms with Crippen LogP contribution in [0.15, 0.2) is 12.4 Å². The van der Waals surface area contributed by atoms with Crippen LogP contribution >= 0.6 is 11.6 Å². The predicted molar refractivity (Wildman–Crippen MR) is 113 cm³/mol. The lowest BCUT2D eigenvalue weighted by molar-refractivity contribution is 0.144. The standard InChI is InChI=1S/C19H24BClN6O3/c21-13-8-22-16(23-9-13)12-2-6-27(7-3-12)18-24-14-10-30-20(29)15(14)17(25-18)26-19(11-28)4-1-5-19/h8-9,12,28-29H,1-7,10-11H2,(H,24,25,26). The van der Waals surface area contributed by atoms with Crippen molar-refractivity contribution in [3.63, 3.8) is 0 Å². The van der Waals surface area contributed by atoms with Gasteiger partial charge in [0.05, 0.1) is 29.5 Å². The van der Waals surface area contributed by atoms with Gasteiger partial charge in [0, 0.05) is 36.9 Å². The Morgan fingerprint density at radius 3 is 2.60 bits per heavy atom. The maximum absolute atomic E-state index is 10.3. The van der Waals surface area contributed by atoms with Gasteiger partial charge in [-0.2, -0.15) is 4.98 Å². The summed E-state index contributed by atoms with van der Waals surface area (Å²) in [7, 11) is -1.04. The molecule has 2 fully saturated rings. The van der Waals surface area contributed by atoms with Crippen LogP contribution in [0, 0.1) is 0 Å². The average Bonchev–Trinajstić information content (AvgIpc) is 3.12. The molecule has 1 saturated carbocycles. The van der Waals surface area contributed by atoms with Crippen LogP contribution in [-0.4, -0.2) is 62.4 Å². The molecule has 1 saturated heterocycles. The number of hydrogen-bond donors (Lipinski definition) is 3. The fraction of sp³-hybridized carbons (Fsp3) is 0.579. The monoisotopic (exact) mass is 430 g/mol. The van der Waals surface area contributed by atoms with E-state index in [1.807, 2.05) is 0 Å². The molecule has 2 aromatic rings. The first-order valence-corrected chi connectivity index (χ1v) is 10.8. The van der Waals surface area contributed by atoms with Crippen LogP contribution in [0.5, 0.6) is 0 Å². The van der Waals surface area contributed by atoms with Crippen LogP contribution in [-0.2, 0) is 11.3 Å². The van der Waals surface area contributed by atoms with E-state index in [9.17, 15) is 10.1 Å². The second-order valence-electron chi connectivity index (χ2n) is 8.33. The highest BCUT2D eigenvalue weighted by Crippen LogP contribution is 2.35. The zero-order chi connectivity index (χ0) is 20.7. The molecule has 11 heteroatoms. The SMILES string of the molecule is OCC1(Nc2nc(N3CCC(c4ncc(Cl)cn4)CC3)nc3c2B(O)OC3)CCC1. The van der Waals surface area contributed by atoms with E-state index in [2.05, 4.69) is 25.2 Å². The summed E-state index contributed by atoms with van der Waals surface area (Å²) in [6.45, 7) is 1.85. The molecule has 158 valence electrons. The van der Waals surface area contributed by atoms with Gasteiger partial charge in [0.15, 0.2) is 0 Å². The first-order chi connectivity index (χ1) is 14.6. The number of nitrogens with zero attached hydrogens (tertiary/aromatic N) is 5. The molecular weight excluding hydrogens is 407 g/mol. The lowest BCUT2D eigenvalue weighted by atomic mass is 9.76. The van der Waals surface area contributed by atoms with Crippen LogP contribution in [0.25, 0.3) is 0 Å². The van der Waals surface area contributed by atoms with Crippen LogP contribution in [0.2, 0.25) is 5.02 Å². The van der Waals surface area contributed by atoms with Crippen molar-refractivity contribution < 1.29 is 14.8 Å². The molecule has 0 unspecified atom stereocenters. The van der Waals surface area contributed by atoms with Gasteiger partial charge in [-0.05, 0) is 32.1 Å². The number of aliphatic hydroxyl groups is 1. The predicted octanol–water partition coefficient (Wildman–Crippen LogP) is 0.849. The van der Waals surface area contributed by atoms with Gasteiger partial charge in [-0.25, -0.2) is 15.0 Å². The maximum atomic E-state index is 10.3. The number of aliphatic hydroxyl groups excluding tert-OH is 1. The van der Waals surface area contributed by atoms with E-state index in [0.717, 1.165) is 51.0 Å². The van der Waals surface area contributed by atoms with Gasteiger partial charge < -0.3 is 25.0 Å². The van der Waals surface area contributed by atoms with Gasteiger partial charge in [-0.3, -0.25) is 0 Å². The second-order valence-corrected chi connectivity index (χ2v) is 8.77. The molecule has 3 aliphatic rings. The number of hydrogen-bond acceptors (Lipinski definition) is 9. The van der Waals surface area contributed by atoms with Gasteiger partial charge in [0.2, 0.25) is 5.95 Å². The molecule has 0 amide bonds. The zero-order valence-corrected chi connectivity index (χ0v) is 17.3. The zero-order valence-electron chi connectivity index (χ0n) is 16.6. The molecule has 0 aromatic carbocycles. The van der Waals surface area contributed by atoms with Crippen molar-refractivity contribution in [1.29, 1.82) is 0 Å². The summed E-state index contributed by atoms with van der Waals surface area (Å²) in [5.74, 6) is 2.29. The summed E-state index contributed by atoms with van der Waals surface area (Å²) in [4.78, 5) is 20.3. The lowest BCUT2D eigenvalue weighted by Crippen LogP contribution is -2.50. The Kier molecular flexibility index (Phi) is 5.26. The normalized spacial score (nSPS) is 20.8. The van der Waals surface area contributed by atoms with Gasteiger partial charge >= 0.3 is 7.12 Å². The third-order valence-electron chi connectivity index (χ3n) is 6.42. The fourth-order valence-corrected chi connectivity index (χ4v) is 4.50. The number of nitrogens with one attached hydrogen (secondary N) is 1. The molecule has 0 spiro atoms. The van der Waals surface area contributed by atoms with E-state index in [1.54, 1.807) is 12.4 Å². The average molecular weight is 431 g/mol. The van der Waals surface area contributed by atoms with E-state index >= 15 is 0 Å². The third kappa shape index (κ3) is 3.62. The van der Waals surface area contributed by atoms with Gasteiger partial charge in [0.25, 0.3) is 0 Å². The quantitative estimate of drug-likeness (QED) is 0.593. The third-order valence-corrected chi connectivity index (χ3v) is 6.61. The Bertz CT molecular complexity index is 916. The molecule has 0 atom stereocenters. The fourth-order valence-electron chi connectivity index (χ4n) is 4.40. The highest BCUT2D eigenvalue weighted by atomic mass is 35.5. The summed E-state index contributed by atoms with van der Waals surface area (Å²) in [6, 6.07) is 0. The van der Waals surface area contributed by atoms with Crippen LogP contribution in [0.1, 0.15) is 49.5 Å². The van der Waals surface area contributed by atoms with E-state index in [0.29, 0.717) is 27.9 Å². The molecule has 30 heavy (non-hydrogen) atoms. The minimum Gasteiger partial charge on any atom is -0.423 e. The van der Waals surface area contributed by atoms with Crippen molar-refractivity contribution in [3.8, 4) is 0 Å². The molecule has 5 rings (SSSR count). The summed E-state index contributed by atoms with van der Waals surface area (Å²) in [5.41, 5.74) is 0.911. The van der Waals surface area contributed by atoms with Crippen molar-refractivity contribution in [2.75, 3.05) is 29.9 Å². The first kappa shape index (κ1) is 19.9. The minimum absolute atomic E-state index is 0.0323. The van der Waals surface area contributed by atoms with E-state index < -0.39 is 7.12 Å². The number of fused-ring (bicyclic) bond motifs is 1. The van der Waals surface area contributed by atoms with Crippen molar-refractivity contribution in [2.24, 2.45) is 0 Å². The van der Waals surface area contributed by atoms with Crippen LogP contribution in [0.3, 0.4) is 0 Å². The minimum atomic E-state index is -1.04. The Hall–Kier alpha value is -2.01. The molecule has 4 heterocycles. The smallest absolute Gasteiger partial charge is 0.423 e. The number of halogens is 1. The molecule has 3 N–H and O–H groups in total. The molecule has 0 bridgehead atoms. The summed E-state index contributed by atoms with van der Waals surface area (Å²) < 4.78 is 5.40. The maximum Gasteiger partial charge on any atom is 0.497 e. The largest absolute Gasteiger partial charge is 0.497 e. The highest BCUT2D eigenvalue weighted by molar-refractivity contribution is 6.63. The Morgan fingerprint density at radius 2 is 1.97 bits per heavy atom. The Morgan fingerprint density at radius 1 is 1.23 bits per heavy atom. The summed E-state index contributed by atoms with van der Waals surface area (Å²) in [6.07, 6.45) is 7.88. The molecule has 2 aliphatic heterocycles. The Balaban J connectivity index is 1.36. The molecule has 2 aromatic heterocycles. The van der Waals surface area contributed by atoms with E-state index in [-0.39, 0.29) is 24.7 Å². The molecule has 0 radical (unpaired) electrons. The number of aromatic nitrogens is 4. The van der Waals surface area contributed by atoms with Crippen molar-refractivity contribution >= 4 is 35.9 Å². The topological polar surface area (TPSA) is 117 Å². The number of piperidine rings is 1. The van der Waals surface area contributed by atoms with Gasteiger partial charge in [0.1, 0.15) is 11.6 Å².